The van der Waals surface area contributed by atoms with Gasteiger partial charge in [-0.05, 0) is 25.0 Å². The maximum absolute atomic E-state index is 12.7. The summed E-state index contributed by atoms with van der Waals surface area (Å²) in [5.74, 6) is 1.11. The first kappa shape index (κ1) is 17.3. The fourth-order valence-corrected chi connectivity index (χ4v) is 4.05. The van der Waals surface area contributed by atoms with Crippen LogP contribution in [0.15, 0.2) is 23.1 Å². The van der Waals surface area contributed by atoms with E-state index in [1.165, 1.54) is 4.31 Å². The summed E-state index contributed by atoms with van der Waals surface area (Å²) in [6.07, 6.45) is 2.19. The zero-order chi connectivity index (χ0) is 14.9. The molecule has 1 saturated heterocycles. The number of halogens is 1. The number of fused-ring (bicyclic) bond motifs is 1. The lowest BCUT2D eigenvalue weighted by atomic mass is 10.1. The van der Waals surface area contributed by atoms with E-state index in [-0.39, 0.29) is 23.3 Å². The molecular formula is C14H21ClN2O4S. The van der Waals surface area contributed by atoms with Crippen molar-refractivity contribution < 1.29 is 17.9 Å². The Balaban J connectivity index is 0.00000176. The molecule has 22 heavy (non-hydrogen) atoms. The van der Waals surface area contributed by atoms with Crippen molar-refractivity contribution in [3.63, 3.8) is 0 Å². The monoisotopic (exact) mass is 348 g/mol. The lowest BCUT2D eigenvalue weighted by Crippen LogP contribution is -2.42. The van der Waals surface area contributed by atoms with Crippen molar-refractivity contribution in [3.8, 4) is 11.5 Å². The largest absolute Gasteiger partial charge is 0.490 e. The Morgan fingerprint density at radius 2 is 1.73 bits per heavy atom. The zero-order valence-corrected chi connectivity index (χ0v) is 13.9. The Hall–Kier alpha value is -1.02. The van der Waals surface area contributed by atoms with Crippen LogP contribution in [0.2, 0.25) is 0 Å². The lowest BCUT2D eigenvalue weighted by molar-refractivity contribution is 0.296. The van der Waals surface area contributed by atoms with Crippen molar-refractivity contribution in [2.75, 3.05) is 26.3 Å². The summed E-state index contributed by atoms with van der Waals surface area (Å²) < 4.78 is 37.9. The predicted octanol–water partition coefficient (Wildman–Crippen LogP) is 1.38. The molecule has 0 unspecified atom stereocenters. The van der Waals surface area contributed by atoms with E-state index in [2.05, 4.69) is 0 Å². The highest BCUT2D eigenvalue weighted by molar-refractivity contribution is 7.89. The van der Waals surface area contributed by atoms with E-state index < -0.39 is 10.0 Å². The van der Waals surface area contributed by atoms with Crippen LogP contribution in [0, 0.1) is 0 Å². The van der Waals surface area contributed by atoms with Gasteiger partial charge in [0.05, 0.1) is 18.1 Å². The minimum atomic E-state index is -3.49. The molecule has 1 aromatic carbocycles. The second-order valence-electron chi connectivity index (χ2n) is 5.40. The topological polar surface area (TPSA) is 81.9 Å². The highest BCUT2D eigenvalue weighted by Crippen LogP contribution is 2.33. The fourth-order valence-electron chi connectivity index (χ4n) is 2.57. The molecule has 0 atom stereocenters. The van der Waals surface area contributed by atoms with Gasteiger partial charge >= 0.3 is 0 Å². The number of hydrogen-bond acceptors (Lipinski definition) is 5. The van der Waals surface area contributed by atoms with Crippen LogP contribution in [0.4, 0.5) is 0 Å². The van der Waals surface area contributed by atoms with Crippen LogP contribution >= 0.6 is 12.4 Å². The average molecular weight is 349 g/mol. The van der Waals surface area contributed by atoms with Crippen LogP contribution in [0.5, 0.6) is 11.5 Å². The number of benzene rings is 1. The normalized spacial score (nSPS) is 20.0. The predicted molar refractivity (Wildman–Crippen MR) is 85.3 cm³/mol. The van der Waals surface area contributed by atoms with E-state index in [1.54, 1.807) is 18.2 Å². The van der Waals surface area contributed by atoms with E-state index in [0.717, 1.165) is 6.42 Å². The highest BCUT2D eigenvalue weighted by atomic mass is 35.5. The van der Waals surface area contributed by atoms with Crippen molar-refractivity contribution in [3.05, 3.63) is 18.2 Å². The standard InChI is InChI=1S/C14H20N2O4S.ClH/c15-11-4-6-16(7-5-11)21(17,18)12-2-3-13-14(10-12)20-9-1-8-19-13;/h2-3,10-11H,1,4-9,15H2;1H. The number of rotatable bonds is 2. The third-order valence-corrected chi connectivity index (χ3v) is 5.75. The second-order valence-corrected chi connectivity index (χ2v) is 7.34. The van der Waals surface area contributed by atoms with Gasteiger partial charge in [-0.3, -0.25) is 0 Å². The maximum atomic E-state index is 12.7. The summed E-state index contributed by atoms with van der Waals surface area (Å²) in [7, 11) is -3.49. The molecule has 0 aromatic heterocycles. The molecule has 0 bridgehead atoms. The molecule has 0 amide bonds. The summed E-state index contributed by atoms with van der Waals surface area (Å²) in [5, 5.41) is 0. The quantitative estimate of drug-likeness (QED) is 0.873. The number of ether oxygens (including phenoxy) is 2. The average Bonchev–Trinajstić information content (AvgIpc) is 2.72. The third kappa shape index (κ3) is 3.48. The van der Waals surface area contributed by atoms with Gasteiger partial charge in [0.15, 0.2) is 11.5 Å². The van der Waals surface area contributed by atoms with Gasteiger partial charge in [0.1, 0.15) is 0 Å². The van der Waals surface area contributed by atoms with Crippen molar-refractivity contribution in [2.45, 2.75) is 30.2 Å². The summed E-state index contributed by atoms with van der Waals surface area (Å²) in [5.41, 5.74) is 5.83. The van der Waals surface area contributed by atoms with Gasteiger partial charge in [-0.25, -0.2) is 8.42 Å². The Kier molecular flexibility index (Phi) is 5.55. The zero-order valence-electron chi connectivity index (χ0n) is 12.2. The SMILES string of the molecule is Cl.NC1CCN(S(=O)(=O)c2ccc3c(c2)OCCCO3)CC1. The van der Waals surface area contributed by atoms with Gasteiger partial charge in [-0.1, -0.05) is 0 Å². The highest BCUT2D eigenvalue weighted by Gasteiger charge is 2.29. The van der Waals surface area contributed by atoms with Crippen molar-refractivity contribution in [2.24, 2.45) is 5.73 Å². The van der Waals surface area contributed by atoms with Gasteiger partial charge in [-0.2, -0.15) is 4.31 Å². The van der Waals surface area contributed by atoms with Crippen LogP contribution < -0.4 is 15.2 Å². The summed E-state index contributed by atoms with van der Waals surface area (Å²) >= 11 is 0. The molecule has 0 saturated carbocycles. The fraction of sp³-hybridized carbons (Fsp3) is 0.571. The van der Waals surface area contributed by atoms with E-state index in [1.807, 2.05) is 0 Å². The van der Waals surface area contributed by atoms with Crippen molar-refractivity contribution >= 4 is 22.4 Å². The molecule has 124 valence electrons. The molecule has 0 spiro atoms. The number of nitrogens with zero attached hydrogens (tertiary/aromatic N) is 1. The molecule has 6 nitrogen and oxygen atoms in total. The molecule has 8 heteroatoms. The molecule has 1 fully saturated rings. The Labute approximate surface area is 137 Å². The molecule has 2 aliphatic heterocycles. The van der Waals surface area contributed by atoms with Gasteiger partial charge in [-0.15, -0.1) is 12.4 Å². The van der Waals surface area contributed by atoms with Gasteiger partial charge in [0.2, 0.25) is 10.0 Å². The minimum absolute atomic E-state index is 0. The maximum Gasteiger partial charge on any atom is 0.243 e. The molecule has 1 aromatic rings. The number of piperidine rings is 1. The Morgan fingerprint density at radius 3 is 2.41 bits per heavy atom. The first-order valence-corrected chi connectivity index (χ1v) is 8.67. The number of nitrogens with two attached hydrogens (primary N) is 1. The van der Waals surface area contributed by atoms with Crippen LogP contribution in [-0.2, 0) is 10.0 Å². The smallest absolute Gasteiger partial charge is 0.243 e. The molecule has 0 radical (unpaired) electrons. The van der Waals surface area contributed by atoms with E-state index in [0.29, 0.717) is 50.6 Å². The molecule has 2 N–H and O–H groups in total. The minimum Gasteiger partial charge on any atom is -0.490 e. The van der Waals surface area contributed by atoms with Crippen molar-refractivity contribution in [1.29, 1.82) is 0 Å². The van der Waals surface area contributed by atoms with Gasteiger partial charge in [0.25, 0.3) is 0 Å². The molecular weight excluding hydrogens is 328 g/mol. The molecule has 2 aliphatic rings. The van der Waals surface area contributed by atoms with Crippen molar-refractivity contribution in [1.82, 2.24) is 4.31 Å². The first-order chi connectivity index (χ1) is 10.1. The van der Waals surface area contributed by atoms with Gasteiger partial charge in [0, 0.05) is 31.6 Å². The van der Waals surface area contributed by atoms with Gasteiger partial charge < -0.3 is 15.2 Å². The van der Waals surface area contributed by atoms with Crippen LogP contribution in [0.3, 0.4) is 0 Å². The lowest BCUT2D eigenvalue weighted by Gasteiger charge is -2.29. The second kappa shape index (κ2) is 7.04. The van der Waals surface area contributed by atoms with E-state index in [4.69, 9.17) is 15.2 Å². The third-order valence-electron chi connectivity index (χ3n) is 3.86. The first-order valence-electron chi connectivity index (χ1n) is 7.23. The van der Waals surface area contributed by atoms with E-state index >= 15 is 0 Å². The Morgan fingerprint density at radius 1 is 1.09 bits per heavy atom. The van der Waals surface area contributed by atoms with Crippen LogP contribution in [0.25, 0.3) is 0 Å². The summed E-state index contributed by atoms with van der Waals surface area (Å²) in [4.78, 5) is 0.252. The van der Waals surface area contributed by atoms with E-state index in [9.17, 15) is 8.42 Å². The molecule has 0 aliphatic carbocycles. The molecule has 2 heterocycles. The van der Waals surface area contributed by atoms with Crippen LogP contribution in [-0.4, -0.2) is 45.1 Å². The number of hydrogen-bond donors (Lipinski definition) is 1. The molecule has 3 rings (SSSR count). The van der Waals surface area contributed by atoms with Crippen LogP contribution in [0.1, 0.15) is 19.3 Å². The number of sulfonamides is 1. The summed E-state index contributed by atoms with van der Waals surface area (Å²) in [6.45, 7) is 2.06. The Bertz CT molecular complexity index is 615. The summed E-state index contributed by atoms with van der Waals surface area (Å²) in [6, 6.07) is 4.91.